The van der Waals surface area contributed by atoms with Gasteiger partial charge in [0.2, 0.25) is 0 Å². The number of rotatable bonds is 10. The van der Waals surface area contributed by atoms with Crippen molar-refractivity contribution >= 4 is 27.3 Å². The second kappa shape index (κ2) is 8.44. The SMILES string of the molecule is COCCN(CCOC)S(=O)(=O)c1ccc(CC(=O)O)s1. The first-order valence-corrected chi connectivity index (χ1v) is 8.46. The van der Waals surface area contributed by atoms with E-state index in [4.69, 9.17) is 14.6 Å². The molecule has 1 aromatic rings. The summed E-state index contributed by atoms with van der Waals surface area (Å²) in [5.41, 5.74) is 0. The Labute approximate surface area is 128 Å². The molecule has 1 aromatic heterocycles. The maximum Gasteiger partial charge on any atom is 0.308 e. The summed E-state index contributed by atoms with van der Waals surface area (Å²) in [6.45, 7) is 0.981. The van der Waals surface area contributed by atoms with Crippen molar-refractivity contribution in [1.82, 2.24) is 4.31 Å². The van der Waals surface area contributed by atoms with Gasteiger partial charge in [0.15, 0.2) is 0 Å². The fourth-order valence-electron chi connectivity index (χ4n) is 1.61. The Bertz CT molecular complexity index is 546. The third-order valence-corrected chi connectivity index (χ3v) is 6.10. The van der Waals surface area contributed by atoms with E-state index >= 15 is 0 Å². The fourth-order valence-corrected chi connectivity index (χ4v) is 4.52. The highest BCUT2D eigenvalue weighted by Gasteiger charge is 2.26. The number of hydrogen-bond acceptors (Lipinski definition) is 6. The van der Waals surface area contributed by atoms with E-state index in [1.54, 1.807) is 0 Å². The number of carboxylic acid groups (broad SMARTS) is 1. The summed E-state index contributed by atoms with van der Waals surface area (Å²) in [6, 6.07) is 2.96. The molecule has 0 radical (unpaired) electrons. The minimum absolute atomic E-state index is 0.131. The van der Waals surface area contributed by atoms with Crippen LogP contribution in [0.15, 0.2) is 16.3 Å². The third-order valence-electron chi connectivity index (χ3n) is 2.65. The molecule has 9 heteroatoms. The Balaban J connectivity index is 2.92. The molecule has 0 atom stereocenters. The van der Waals surface area contributed by atoms with E-state index in [1.807, 2.05) is 0 Å². The lowest BCUT2D eigenvalue weighted by Crippen LogP contribution is -2.36. The maximum absolute atomic E-state index is 12.5. The molecule has 0 aliphatic rings. The van der Waals surface area contributed by atoms with Gasteiger partial charge in [-0.15, -0.1) is 11.3 Å². The number of sulfonamides is 1. The van der Waals surface area contributed by atoms with Crippen LogP contribution in [-0.2, 0) is 30.7 Å². The van der Waals surface area contributed by atoms with E-state index in [2.05, 4.69) is 0 Å². The number of nitrogens with zero attached hydrogens (tertiary/aromatic N) is 1. The lowest BCUT2D eigenvalue weighted by molar-refractivity contribution is -0.136. The van der Waals surface area contributed by atoms with Gasteiger partial charge in [-0.25, -0.2) is 8.42 Å². The van der Waals surface area contributed by atoms with E-state index in [0.717, 1.165) is 11.3 Å². The predicted octanol–water partition coefficient (Wildman–Crippen LogP) is 0.659. The van der Waals surface area contributed by atoms with E-state index in [0.29, 0.717) is 4.88 Å². The molecule has 0 aliphatic carbocycles. The Morgan fingerprint density at radius 1 is 1.24 bits per heavy atom. The van der Waals surface area contributed by atoms with Gasteiger partial charge in [-0.2, -0.15) is 4.31 Å². The van der Waals surface area contributed by atoms with Gasteiger partial charge < -0.3 is 14.6 Å². The van der Waals surface area contributed by atoms with Crippen molar-refractivity contribution in [2.24, 2.45) is 0 Å². The van der Waals surface area contributed by atoms with Crippen molar-refractivity contribution in [2.45, 2.75) is 10.6 Å². The molecule has 0 amide bonds. The normalized spacial score (nSPS) is 12.0. The van der Waals surface area contributed by atoms with Gasteiger partial charge in [0.1, 0.15) is 4.21 Å². The Hall–Kier alpha value is -1.00. The van der Waals surface area contributed by atoms with E-state index in [1.165, 1.54) is 30.7 Å². The largest absolute Gasteiger partial charge is 0.481 e. The van der Waals surface area contributed by atoms with Crippen LogP contribution in [0, 0.1) is 0 Å². The van der Waals surface area contributed by atoms with Gasteiger partial charge in [-0.1, -0.05) is 0 Å². The standard InChI is InChI=1S/C12H19NO6S2/c1-18-7-5-13(6-8-19-2)21(16,17)12-4-3-10(20-12)9-11(14)15/h3-4H,5-9H2,1-2H3,(H,14,15). The summed E-state index contributed by atoms with van der Waals surface area (Å²) in [5.74, 6) is -0.989. The van der Waals surface area contributed by atoms with Crippen molar-refractivity contribution in [3.8, 4) is 0 Å². The molecule has 0 unspecified atom stereocenters. The molecule has 1 rings (SSSR count). The minimum atomic E-state index is -3.66. The average molecular weight is 337 g/mol. The maximum atomic E-state index is 12.5. The van der Waals surface area contributed by atoms with Crippen molar-refractivity contribution in [2.75, 3.05) is 40.5 Å². The van der Waals surface area contributed by atoms with Crippen LogP contribution in [0.4, 0.5) is 0 Å². The number of aliphatic carboxylic acids is 1. The zero-order valence-electron chi connectivity index (χ0n) is 11.9. The Morgan fingerprint density at radius 3 is 2.29 bits per heavy atom. The summed E-state index contributed by atoms with van der Waals surface area (Å²) < 4.78 is 36.3. The topological polar surface area (TPSA) is 93.1 Å². The van der Waals surface area contributed by atoms with Crippen molar-refractivity contribution in [3.05, 3.63) is 17.0 Å². The van der Waals surface area contributed by atoms with Gasteiger partial charge >= 0.3 is 5.97 Å². The quantitative estimate of drug-likeness (QED) is 0.674. The fraction of sp³-hybridized carbons (Fsp3) is 0.583. The van der Waals surface area contributed by atoms with Crippen LogP contribution in [0.2, 0.25) is 0 Å². The summed E-state index contributed by atoms with van der Waals surface area (Å²) in [4.78, 5) is 11.2. The highest BCUT2D eigenvalue weighted by atomic mass is 32.2. The number of carbonyl (C=O) groups is 1. The van der Waals surface area contributed by atoms with E-state index in [9.17, 15) is 13.2 Å². The molecule has 7 nitrogen and oxygen atoms in total. The van der Waals surface area contributed by atoms with Crippen LogP contribution in [0.5, 0.6) is 0 Å². The predicted molar refractivity (Wildman–Crippen MR) is 78.2 cm³/mol. The van der Waals surface area contributed by atoms with Crippen molar-refractivity contribution < 1.29 is 27.8 Å². The van der Waals surface area contributed by atoms with Gasteiger partial charge in [0, 0.05) is 32.2 Å². The molecular formula is C12H19NO6S2. The highest BCUT2D eigenvalue weighted by Crippen LogP contribution is 2.25. The van der Waals surface area contributed by atoms with E-state index < -0.39 is 16.0 Å². The third kappa shape index (κ3) is 5.36. The molecule has 0 fully saturated rings. The van der Waals surface area contributed by atoms with Crippen LogP contribution < -0.4 is 0 Å². The molecule has 21 heavy (non-hydrogen) atoms. The number of carboxylic acids is 1. The number of ether oxygens (including phenoxy) is 2. The number of hydrogen-bond donors (Lipinski definition) is 1. The first-order valence-electron chi connectivity index (χ1n) is 6.20. The average Bonchev–Trinajstić information content (AvgIpc) is 2.87. The Kier molecular flexibility index (Phi) is 7.26. The van der Waals surface area contributed by atoms with Crippen LogP contribution in [0.25, 0.3) is 0 Å². The molecule has 0 aliphatic heterocycles. The second-order valence-electron chi connectivity index (χ2n) is 4.18. The summed E-state index contributed by atoms with van der Waals surface area (Å²) >= 11 is 0.971. The zero-order valence-corrected chi connectivity index (χ0v) is 13.6. The van der Waals surface area contributed by atoms with Gasteiger partial charge in [-0.05, 0) is 12.1 Å². The number of methoxy groups -OCH3 is 2. The van der Waals surface area contributed by atoms with E-state index in [-0.39, 0.29) is 36.9 Å². The lowest BCUT2D eigenvalue weighted by atomic mass is 10.3. The highest BCUT2D eigenvalue weighted by molar-refractivity contribution is 7.91. The van der Waals surface area contributed by atoms with Crippen molar-refractivity contribution in [1.29, 1.82) is 0 Å². The van der Waals surface area contributed by atoms with Crippen LogP contribution in [-0.4, -0.2) is 64.3 Å². The molecule has 1 N–H and O–H groups in total. The first kappa shape index (κ1) is 18.1. The summed E-state index contributed by atoms with van der Waals surface area (Å²) in [5, 5.41) is 8.73. The zero-order chi connectivity index (χ0) is 15.9. The number of thiophene rings is 1. The van der Waals surface area contributed by atoms with Crippen LogP contribution in [0.1, 0.15) is 4.88 Å². The molecule has 0 saturated carbocycles. The van der Waals surface area contributed by atoms with Gasteiger partial charge in [0.25, 0.3) is 10.0 Å². The summed E-state index contributed by atoms with van der Waals surface area (Å²) in [6.07, 6.45) is -0.184. The molecule has 0 aromatic carbocycles. The van der Waals surface area contributed by atoms with Gasteiger partial charge in [0.05, 0.1) is 19.6 Å². The van der Waals surface area contributed by atoms with Crippen molar-refractivity contribution in [3.63, 3.8) is 0 Å². The monoisotopic (exact) mass is 337 g/mol. The molecule has 0 bridgehead atoms. The summed E-state index contributed by atoms with van der Waals surface area (Å²) in [7, 11) is -0.667. The minimum Gasteiger partial charge on any atom is -0.481 e. The van der Waals surface area contributed by atoms with Gasteiger partial charge in [-0.3, -0.25) is 4.79 Å². The second-order valence-corrected chi connectivity index (χ2v) is 7.51. The molecular weight excluding hydrogens is 318 g/mol. The lowest BCUT2D eigenvalue weighted by Gasteiger charge is -2.20. The Morgan fingerprint density at radius 2 is 1.81 bits per heavy atom. The molecule has 1 heterocycles. The molecule has 120 valence electrons. The first-order chi connectivity index (χ1) is 9.91. The van der Waals surface area contributed by atoms with Crippen LogP contribution >= 0.6 is 11.3 Å². The molecule has 0 saturated heterocycles. The van der Waals surface area contributed by atoms with Crippen LogP contribution in [0.3, 0.4) is 0 Å². The smallest absolute Gasteiger partial charge is 0.308 e. The molecule has 0 spiro atoms.